The van der Waals surface area contributed by atoms with Gasteiger partial charge in [0, 0.05) is 13.0 Å². The quantitative estimate of drug-likeness (QED) is 0.767. The highest BCUT2D eigenvalue weighted by Gasteiger charge is 2.38. The summed E-state index contributed by atoms with van der Waals surface area (Å²) >= 11 is 0. The van der Waals surface area contributed by atoms with Gasteiger partial charge in [0.1, 0.15) is 0 Å². The zero-order chi connectivity index (χ0) is 17.6. The Kier molecular flexibility index (Phi) is 6.37. The van der Waals surface area contributed by atoms with Crippen LogP contribution in [0.2, 0.25) is 0 Å². The molecule has 1 atom stereocenters. The summed E-state index contributed by atoms with van der Waals surface area (Å²) in [5, 5.41) is 11.9. The van der Waals surface area contributed by atoms with Gasteiger partial charge in [-0.1, -0.05) is 38.1 Å². The number of benzene rings is 1. The van der Waals surface area contributed by atoms with Gasteiger partial charge in [-0.05, 0) is 36.3 Å². The van der Waals surface area contributed by atoms with Crippen LogP contribution >= 0.6 is 0 Å². The second kappa shape index (κ2) is 8.29. The molecule has 2 N–H and O–H groups in total. The largest absolute Gasteiger partial charge is 0.481 e. The molecule has 132 valence electrons. The molecule has 1 heterocycles. The van der Waals surface area contributed by atoms with Gasteiger partial charge in [0.2, 0.25) is 5.91 Å². The molecule has 24 heavy (non-hydrogen) atoms. The van der Waals surface area contributed by atoms with Crippen molar-refractivity contribution in [1.82, 2.24) is 5.32 Å². The first-order chi connectivity index (χ1) is 11.4. The van der Waals surface area contributed by atoms with Gasteiger partial charge in [-0.25, -0.2) is 0 Å². The fourth-order valence-electron chi connectivity index (χ4n) is 3.11. The third kappa shape index (κ3) is 5.64. The second-order valence-electron chi connectivity index (χ2n) is 7.12. The van der Waals surface area contributed by atoms with Crippen LogP contribution in [0.5, 0.6) is 0 Å². The zero-order valence-electron chi connectivity index (χ0n) is 14.5. The predicted octanol–water partition coefficient (Wildman–Crippen LogP) is 2.57. The average Bonchev–Trinajstić information content (AvgIpc) is 2.93. The molecule has 2 rings (SSSR count). The lowest BCUT2D eigenvalue weighted by molar-refractivity contribution is -0.139. The minimum absolute atomic E-state index is 0.0946. The van der Waals surface area contributed by atoms with E-state index in [9.17, 15) is 9.59 Å². The molecule has 0 bridgehead atoms. The lowest BCUT2D eigenvalue weighted by Crippen LogP contribution is -2.50. The molecule has 1 aromatic rings. The topological polar surface area (TPSA) is 75.6 Å². The summed E-state index contributed by atoms with van der Waals surface area (Å²) in [5.41, 5.74) is 1.68. The van der Waals surface area contributed by atoms with E-state index in [4.69, 9.17) is 9.84 Å². The first-order valence-corrected chi connectivity index (χ1v) is 8.57. The maximum absolute atomic E-state index is 12.2. The van der Waals surface area contributed by atoms with Crippen LogP contribution in [0.15, 0.2) is 24.3 Å². The summed E-state index contributed by atoms with van der Waals surface area (Å²) in [6.07, 6.45) is 2.51. The van der Waals surface area contributed by atoms with Crippen LogP contribution in [0.1, 0.15) is 44.2 Å². The van der Waals surface area contributed by atoms with Crippen LogP contribution in [-0.2, 0) is 27.2 Å². The van der Waals surface area contributed by atoms with E-state index in [0.717, 1.165) is 12.0 Å². The number of hydrogen-bond donors (Lipinski definition) is 2. The van der Waals surface area contributed by atoms with E-state index in [2.05, 4.69) is 43.4 Å². The molecule has 0 saturated carbocycles. The number of aliphatic carboxylic acids is 1. The number of carbonyl (C=O) groups excluding carboxylic acids is 1. The molecule has 1 fully saturated rings. The molecule has 5 heteroatoms. The van der Waals surface area contributed by atoms with Crippen molar-refractivity contribution in [2.24, 2.45) is 5.92 Å². The Bertz CT molecular complexity index is 559. The van der Waals surface area contributed by atoms with Gasteiger partial charge in [0.25, 0.3) is 0 Å². The number of nitrogens with one attached hydrogen (secondary N) is 1. The molecule has 0 aromatic heterocycles. The smallest absolute Gasteiger partial charge is 0.305 e. The zero-order valence-corrected chi connectivity index (χ0v) is 14.5. The van der Waals surface area contributed by atoms with Gasteiger partial charge in [-0.15, -0.1) is 0 Å². The highest BCUT2D eigenvalue weighted by molar-refractivity contribution is 5.78. The van der Waals surface area contributed by atoms with E-state index >= 15 is 0 Å². The summed E-state index contributed by atoms with van der Waals surface area (Å²) in [6.45, 7) is 5.15. The van der Waals surface area contributed by atoms with E-state index in [0.29, 0.717) is 31.8 Å². The molecule has 1 aliphatic heterocycles. The number of carboxylic acids is 1. The standard InChI is InChI=1S/C19H27NO4/c1-14(2)11-16-5-3-15(4-6-16)7-8-17(21)20-19(12-18(22)23)9-10-24-13-19/h3-6,14H,7-13H2,1-2H3,(H,20,21)(H,22,23). The number of ether oxygens (including phenoxy) is 1. The Morgan fingerprint density at radius 2 is 1.92 bits per heavy atom. The summed E-state index contributed by atoms with van der Waals surface area (Å²) < 4.78 is 5.29. The predicted molar refractivity (Wildman–Crippen MR) is 91.9 cm³/mol. The van der Waals surface area contributed by atoms with Crippen LogP contribution in [-0.4, -0.2) is 35.7 Å². The van der Waals surface area contributed by atoms with E-state index < -0.39 is 11.5 Å². The number of carboxylic acid groups (broad SMARTS) is 1. The summed E-state index contributed by atoms with van der Waals surface area (Å²) in [7, 11) is 0. The minimum atomic E-state index is -0.915. The van der Waals surface area contributed by atoms with Crippen molar-refractivity contribution in [3.05, 3.63) is 35.4 Å². The third-order valence-corrected chi connectivity index (χ3v) is 4.31. The third-order valence-electron chi connectivity index (χ3n) is 4.31. The fourth-order valence-corrected chi connectivity index (χ4v) is 3.11. The van der Waals surface area contributed by atoms with Gasteiger partial charge in [-0.2, -0.15) is 0 Å². The Hall–Kier alpha value is -1.88. The molecular formula is C19H27NO4. The van der Waals surface area contributed by atoms with Crippen LogP contribution in [0, 0.1) is 5.92 Å². The highest BCUT2D eigenvalue weighted by atomic mass is 16.5. The second-order valence-corrected chi connectivity index (χ2v) is 7.12. The fraction of sp³-hybridized carbons (Fsp3) is 0.579. The van der Waals surface area contributed by atoms with Crippen LogP contribution in [0.3, 0.4) is 0 Å². The molecule has 1 saturated heterocycles. The SMILES string of the molecule is CC(C)Cc1ccc(CCC(=O)NC2(CC(=O)O)CCOC2)cc1. The maximum atomic E-state index is 12.2. The first kappa shape index (κ1) is 18.5. The number of carbonyl (C=O) groups is 2. The number of rotatable bonds is 8. The van der Waals surface area contributed by atoms with Gasteiger partial charge in [0.15, 0.2) is 0 Å². The molecule has 1 aromatic carbocycles. The van der Waals surface area contributed by atoms with Crippen molar-refractivity contribution in [3.63, 3.8) is 0 Å². The number of amides is 1. The Labute approximate surface area is 143 Å². The summed E-state index contributed by atoms with van der Waals surface area (Å²) in [4.78, 5) is 23.2. The Balaban J connectivity index is 1.85. The van der Waals surface area contributed by atoms with Crippen molar-refractivity contribution in [2.45, 2.75) is 51.5 Å². The number of aryl methyl sites for hydroxylation is 1. The van der Waals surface area contributed by atoms with E-state index in [1.54, 1.807) is 0 Å². The van der Waals surface area contributed by atoms with E-state index in [1.165, 1.54) is 5.56 Å². The van der Waals surface area contributed by atoms with Crippen molar-refractivity contribution in [2.75, 3.05) is 13.2 Å². The van der Waals surface area contributed by atoms with Crippen LogP contribution in [0.4, 0.5) is 0 Å². The first-order valence-electron chi connectivity index (χ1n) is 8.57. The molecule has 1 amide bonds. The lowest BCUT2D eigenvalue weighted by Gasteiger charge is -2.27. The molecule has 0 radical (unpaired) electrons. The van der Waals surface area contributed by atoms with Gasteiger partial charge < -0.3 is 15.2 Å². The lowest BCUT2D eigenvalue weighted by atomic mass is 9.93. The van der Waals surface area contributed by atoms with Crippen molar-refractivity contribution in [1.29, 1.82) is 0 Å². The molecule has 0 spiro atoms. The molecule has 1 aliphatic rings. The van der Waals surface area contributed by atoms with Gasteiger partial charge in [-0.3, -0.25) is 9.59 Å². The van der Waals surface area contributed by atoms with Crippen LogP contribution in [0.25, 0.3) is 0 Å². The Morgan fingerprint density at radius 3 is 2.46 bits per heavy atom. The molecular weight excluding hydrogens is 306 g/mol. The molecule has 1 unspecified atom stereocenters. The Morgan fingerprint density at radius 1 is 1.25 bits per heavy atom. The van der Waals surface area contributed by atoms with Gasteiger partial charge in [0.05, 0.1) is 18.6 Å². The normalized spacial score (nSPS) is 20.3. The minimum Gasteiger partial charge on any atom is -0.481 e. The summed E-state index contributed by atoms with van der Waals surface area (Å²) in [6, 6.07) is 8.36. The average molecular weight is 333 g/mol. The van der Waals surface area contributed by atoms with Crippen molar-refractivity contribution in [3.8, 4) is 0 Å². The van der Waals surface area contributed by atoms with E-state index in [1.807, 2.05) is 0 Å². The highest BCUT2D eigenvalue weighted by Crippen LogP contribution is 2.23. The van der Waals surface area contributed by atoms with Crippen LogP contribution < -0.4 is 5.32 Å². The summed E-state index contributed by atoms with van der Waals surface area (Å²) in [5.74, 6) is -0.407. The van der Waals surface area contributed by atoms with Crippen molar-refractivity contribution < 1.29 is 19.4 Å². The molecule has 5 nitrogen and oxygen atoms in total. The monoisotopic (exact) mass is 333 g/mol. The van der Waals surface area contributed by atoms with Gasteiger partial charge >= 0.3 is 5.97 Å². The molecule has 0 aliphatic carbocycles. The number of hydrogen-bond acceptors (Lipinski definition) is 3. The van der Waals surface area contributed by atoms with Crippen molar-refractivity contribution >= 4 is 11.9 Å². The van der Waals surface area contributed by atoms with E-state index in [-0.39, 0.29) is 18.9 Å². The maximum Gasteiger partial charge on any atom is 0.305 e.